The van der Waals surface area contributed by atoms with E-state index in [0.29, 0.717) is 17.6 Å². The number of carbonyl (C=O) groups excluding carboxylic acids is 1. The second-order valence-corrected chi connectivity index (χ2v) is 4.37. The molecule has 3 heteroatoms. The second-order valence-electron chi connectivity index (χ2n) is 4.37. The standard InChI is InChI=1S/C13H12FNO/c1-7-5-6-9(14)13-11(7)8-3-2-4-10(16)12(8)15-13/h5-6,15H,2-4H2,1H3. The van der Waals surface area contributed by atoms with Gasteiger partial charge in [0, 0.05) is 11.8 Å². The molecule has 16 heavy (non-hydrogen) atoms. The van der Waals surface area contributed by atoms with Crippen LogP contribution in [0.4, 0.5) is 4.39 Å². The number of aromatic nitrogens is 1. The lowest BCUT2D eigenvalue weighted by molar-refractivity contribution is 0.0968. The zero-order valence-corrected chi connectivity index (χ0v) is 9.06. The first-order chi connectivity index (χ1) is 7.68. The molecule has 1 aromatic carbocycles. The van der Waals surface area contributed by atoms with Gasteiger partial charge in [-0.1, -0.05) is 6.07 Å². The molecule has 1 aliphatic carbocycles. The van der Waals surface area contributed by atoms with Crippen LogP contribution in [-0.2, 0) is 6.42 Å². The maximum Gasteiger partial charge on any atom is 0.179 e. The molecule has 0 saturated carbocycles. The van der Waals surface area contributed by atoms with E-state index in [1.54, 1.807) is 6.07 Å². The van der Waals surface area contributed by atoms with E-state index in [0.717, 1.165) is 29.4 Å². The molecule has 0 unspecified atom stereocenters. The van der Waals surface area contributed by atoms with Crippen molar-refractivity contribution in [2.24, 2.45) is 0 Å². The van der Waals surface area contributed by atoms with Crippen LogP contribution in [0.15, 0.2) is 12.1 Å². The monoisotopic (exact) mass is 217 g/mol. The number of rotatable bonds is 0. The Bertz CT molecular complexity index is 597. The number of fused-ring (bicyclic) bond motifs is 3. The maximum atomic E-state index is 13.6. The van der Waals surface area contributed by atoms with Crippen molar-refractivity contribution in [1.82, 2.24) is 4.98 Å². The average Bonchev–Trinajstić information content (AvgIpc) is 2.66. The smallest absolute Gasteiger partial charge is 0.179 e. The van der Waals surface area contributed by atoms with Gasteiger partial charge in [0.2, 0.25) is 0 Å². The Morgan fingerprint density at radius 3 is 2.94 bits per heavy atom. The number of aryl methyl sites for hydroxylation is 2. The molecule has 1 aliphatic rings. The van der Waals surface area contributed by atoms with E-state index in [4.69, 9.17) is 0 Å². The molecule has 1 N–H and O–H groups in total. The summed E-state index contributed by atoms with van der Waals surface area (Å²) in [5.74, 6) is -0.168. The van der Waals surface area contributed by atoms with Gasteiger partial charge < -0.3 is 4.98 Å². The number of Topliss-reactive ketones (excluding diaryl/α,β-unsaturated/α-hetero) is 1. The van der Waals surface area contributed by atoms with Crippen molar-refractivity contribution < 1.29 is 9.18 Å². The van der Waals surface area contributed by atoms with Gasteiger partial charge in [0.15, 0.2) is 5.78 Å². The Morgan fingerprint density at radius 2 is 2.12 bits per heavy atom. The zero-order chi connectivity index (χ0) is 11.3. The molecular weight excluding hydrogens is 205 g/mol. The Balaban J connectivity index is 2.45. The van der Waals surface area contributed by atoms with Crippen molar-refractivity contribution in [1.29, 1.82) is 0 Å². The summed E-state index contributed by atoms with van der Waals surface area (Å²) in [4.78, 5) is 14.7. The van der Waals surface area contributed by atoms with Crippen molar-refractivity contribution >= 4 is 16.7 Å². The third-order valence-corrected chi connectivity index (χ3v) is 3.33. The van der Waals surface area contributed by atoms with Crippen molar-refractivity contribution in [3.05, 3.63) is 34.8 Å². The second kappa shape index (κ2) is 3.17. The predicted molar refractivity (Wildman–Crippen MR) is 60.3 cm³/mol. The molecule has 0 bridgehead atoms. The van der Waals surface area contributed by atoms with E-state index in [1.807, 2.05) is 6.92 Å². The van der Waals surface area contributed by atoms with E-state index in [9.17, 15) is 9.18 Å². The van der Waals surface area contributed by atoms with Crippen molar-refractivity contribution in [3.63, 3.8) is 0 Å². The summed E-state index contributed by atoms with van der Waals surface area (Å²) in [7, 11) is 0. The van der Waals surface area contributed by atoms with Crippen LogP contribution in [0, 0.1) is 12.7 Å². The number of benzene rings is 1. The molecule has 0 amide bonds. The number of hydrogen-bond acceptors (Lipinski definition) is 1. The molecule has 2 nitrogen and oxygen atoms in total. The van der Waals surface area contributed by atoms with E-state index in [-0.39, 0.29) is 11.6 Å². The van der Waals surface area contributed by atoms with Crippen LogP contribution in [0.3, 0.4) is 0 Å². The fourth-order valence-corrected chi connectivity index (χ4v) is 2.56. The van der Waals surface area contributed by atoms with Gasteiger partial charge in [-0.3, -0.25) is 4.79 Å². The summed E-state index contributed by atoms with van der Waals surface area (Å²) in [6, 6.07) is 3.22. The minimum atomic E-state index is -0.275. The topological polar surface area (TPSA) is 32.9 Å². The lowest BCUT2D eigenvalue weighted by Gasteiger charge is -2.10. The summed E-state index contributed by atoms with van der Waals surface area (Å²) in [5, 5.41) is 0.906. The molecule has 2 aromatic rings. The molecule has 82 valence electrons. The quantitative estimate of drug-likeness (QED) is 0.722. The number of aromatic amines is 1. The maximum absolute atomic E-state index is 13.6. The third kappa shape index (κ3) is 1.14. The molecule has 1 aromatic heterocycles. The van der Waals surface area contributed by atoms with Crippen LogP contribution in [0.25, 0.3) is 10.9 Å². The van der Waals surface area contributed by atoms with Gasteiger partial charge in [-0.25, -0.2) is 4.39 Å². The summed E-state index contributed by atoms with van der Waals surface area (Å²) < 4.78 is 13.6. The van der Waals surface area contributed by atoms with Crippen LogP contribution in [0.2, 0.25) is 0 Å². The number of nitrogens with one attached hydrogen (secondary N) is 1. The van der Waals surface area contributed by atoms with Crippen LogP contribution in [0.1, 0.15) is 34.5 Å². The Hall–Kier alpha value is -1.64. The SMILES string of the molecule is Cc1ccc(F)c2[nH]c3c(c12)CCCC3=O. The Kier molecular flexibility index (Phi) is 1.90. The number of carbonyl (C=O) groups is 1. The van der Waals surface area contributed by atoms with Crippen molar-refractivity contribution in [3.8, 4) is 0 Å². The molecule has 0 aliphatic heterocycles. The summed E-state index contributed by atoms with van der Waals surface area (Å²) in [6.45, 7) is 1.95. The van der Waals surface area contributed by atoms with Crippen LogP contribution < -0.4 is 0 Å². The average molecular weight is 217 g/mol. The lowest BCUT2D eigenvalue weighted by atomic mass is 9.93. The fraction of sp³-hybridized carbons (Fsp3) is 0.308. The van der Waals surface area contributed by atoms with Crippen molar-refractivity contribution in [2.75, 3.05) is 0 Å². The predicted octanol–water partition coefficient (Wildman–Crippen LogP) is 3.13. The molecule has 1 heterocycles. The third-order valence-electron chi connectivity index (χ3n) is 3.33. The Labute approximate surface area is 92.5 Å². The van der Waals surface area contributed by atoms with Gasteiger partial charge in [-0.2, -0.15) is 0 Å². The van der Waals surface area contributed by atoms with Gasteiger partial charge in [0.25, 0.3) is 0 Å². The number of halogens is 1. The largest absolute Gasteiger partial charge is 0.349 e. The van der Waals surface area contributed by atoms with Crippen LogP contribution in [0.5, 0.6) is 0 Å². The number of ketones is 1. The first-order valence-corrected chi connectivity index (χ1v) is 5.51. The minimum absolute atomic E-state index is 0.108. The zero-order valence-electron chi connectivity index (χ0n) is 9.06. The number of hydrogen-bond donors (Lipinski definition) is 1. The van der Waals surface area contributed by atoms with Crippen molar-refractivity contribution in [2.45, 2.75) is 26.2 Å². The highest BCUT2D eigenvalue weighted by Gasteiger charge is 2.23. The van der Waals surface area contributed by atoms with E-state index in [1.165, 1.54) is 6.07 Å². The first-order valence-electron chi connectivity index (χ1n) is 5.51. The molecule has 0 spiro atoms. The highest BCUT2D eigenvalue weighted by atomic mass is 19.1. The highest BCUT2D eigenvalue weighted by Crippen LogP contribution is 2.32. The van der Waals surface area contributed by atoms with Gasteiger partial charge in [0.05, 0.1) is 11.2 Å². The van der Waals surface area contributed by atoms with E-state index in [2.05, 4.69) is 4.98 Å². The highest BCUT2D eigenvalue weighted by molar-refractivity contribution is 6.04. The molecule has 0 saturated heterocycles. The van der Waals surface area contributed by atoms with E-state index < -0.39 is 0 Å². The summed E-state index contributed by atoms with van der Waals surface area (Å²) >= 11 is 0. The molecular formula is C13H12FNO. The van der Waals surface area contributed by atoms with Crippen LogP contribution in [-0.4, -0.2) is 10.8 Å². The van der Waals surface area contributed by atoms with Crippen LogP contribution >= 0.6 is 0 Å². The van der Waals surface area contributed by atoms with Gasteiger partial charge >= 0.3 is 0 Å². The van der Waals surface area contributed by atoms with Gasteiger partial charge in [-0.05, 0) is 37.0 Å². The summed E-state index contributed by atoms with van der Waals surface area (Å²) in [5.41, 5.74) is 3.14. The molecule has 3 rings (SSSR count). The van der Waals surface area contributed by atoms with E-state index >= 15 is 0 Å². The minimum Gasteiger partial charge on any atom is -0.349 e. The first kappa shape index (κ1) is 9.58. The summed E-state index contributed by atoms with van der Waals surface area (Å²) in [6.07, 6.45) is 2.31. The van der Waals surface area contributed by atoms with Gasteiger partial charge in [0.1, 0.15) is 5.82 Å². The molecule has 0 radical (unpaired) electrons. The molecule has 0 atom stereocenters. The van der Waals surface area contributed by atoms with Gasteiger partial charge in [-0.15, -0.1) is 0 Å². The Morgan fingerprint density at radius 1 is 1.31 bits per heavy atom. The normalized spacial score (nSPS) is 15.5. The number of H-pyrrole nitrogens is 1. The lowest BCUT2D eigenvalue weighted by Crippen LogP contribution is -2.09. The molecule has 0 fully saturated rings. The fourth-order valence-electron chi connectivity index (χ4n) is 2.56.